The maximum atomic E-state index is 11.9. The summed E-state index contributed by atoms with van der Waals surface area (Å²) in [5.41, 5.74) is 9.13. The molecule has 3 aromatic rings. The van der Waals surface area contributed by atoms with E-state index >= 15 is 0 Å². The Morgan fingerprint density at radius 3 is 2.29 bits per heavy atom. The smallest absolute Gasteiger partial charge is 0.151 e. The molecule has 1 aliphatic heterocycles. The van der Waals surface area contributed by atoms with E-state index in [1.807, 2.05) is 11.8 Å². The molecule has 2 unspecified atom stereocenters. The van der Waals surface area contributed by atoms with Gasteiger partial charge in [-0.25, -0.2) is 0 Å². The van der Waals surface area contributed by atoms with E-state index in [0.717, 1.165) is 53.0 Å². The number of fused-ring (bicyclic) bond motifs is 1. The molecule has 0 saturated carbocycles. The number of aromatic nitrogens is 1. The SMILES string of the molecule is [B]C1(O)c2c(C)cc(-c3c(CC)cccc3CC)nc2CC(C)N1c1cc(C(C)C)ccc1C. The van der Waals surface area contributed by atoms with Crippen molar-refractivity contribution >= 4 is 13.5 Å². The summed E-state index contributed by atoms with van der Waals surface area (Å²) in [7, 11) is 6.79. The van der Waals surface area contributed by atoms with Crippen molar-refractivity contribution in [1.82, 2.24) is 4.98 Å². The summed E-state index contributed by atoms with van der Waals surface area (Å²) in [6, 6.07) is 15.1. The lowest BCUT2D eigenvalue weighted by Crippen LogP contribution is -2.56. The first-order valence-corrected chi connectivity index (χ1v) is 12.6. The third-order valence-electron chi connectivity index (χ3n) is 7.37. The molecular formula is C30H37BN2O. The van der Waals surface area contributed by atoms with Gasteiger partial charge < -0.3 is 10.0 Å². The van der Waals surface area contributed by atoms with Gasteiger partial charge in [0.1, 0.15) is 5.62 Å². The minimum absolute atomic E-state index is 0.00201. The van der Waals surface area contributed by atoms with Crippen LogP contribution in [0.5, 0.6) is 0 Å². The standard InChI is InChI=1S/C30H37BN2O/c1-8-22-11-10-12-23(9-2)28(22)25-15-20(6)29-26(32-25)16-21(7)33(30(29,31)34)27-17-24(18(3)4)14-13-19(27)5/h10-15,17-18,21,34H,8-9,16H2,1-7H3. The third kappa shape index (κ3) is 4.07. The van der Waals surface area contributed by atoms with Gasteiger partial charge in [0.15, 0.2) is 7.85 Å². The molecule has 0 aliphatic carbocycles. The average molecular weight is 452 g/mol. The van der Waals surface area contributed by atoms with Crippen molar-refractivity contribution in [2.45, 2.75) is 85.3 Å². The number of rotatable bonds is 5. The Morgan fingerprint density at radius 2 is 1.71 bits per heavy atom. The molecule has 0 saturated heterocycles. The van der Waals surface area contributed by atoms with Gasteiger partial charge in [0.05, 0.1) is 11.4 Å². The monoisotopic (exact) mass is 452 g/mol. The van der Waals surface area contributed by atoms with E-state index in [1.165, 1.54) is 22.3 Å². The Labute approximate surface area is 206 Å². The largest absolute Gasteiger partial charge is 0.376 e. The Bertz CT molecular complexity index is 1190. The summed E-state index contributed by atoms with van der Waals surface area (Å²) in [5, 5.41) is 11.9. The molecular weight excluding hydrogens is 415 g/mol. The fourth-order valence-corrected chi connectivity index (χ4v) is 5.58. The molecule has 2 heterocycles. The van der Waals surface area contributed by atoms with Gasteiger partial charge in [-0.3, -0.25) is 4.98 Å². The lowest BCUT2D eigenvalue weighted by atomic mass is 9.73. The first-order chi connectivity index (χ1) is 16.1. The van der Waals surface area contributed by atoms with Crippen molar-refractivity contribution in [2.75, 3.05) is 4.90 Å². The van der Waals surface area contributed by atoms with E-state index in [-0.39, 0.29) is 6.04 Å². The normalized spacial score (nSPS) is 20.0. The van der Waals surface area contributed by atoms with Gasteiger partial charge in [0, 0.05) is 29.3 Å². The molecule has 2 aromatic carbocycles. The Hall–Kier alpha value is -2.59. The summed E-state index contributed by atoms with van der Waals surface area (Å²) in [4.78, 5) is 7.13. The van der Waals surface area contributed by atoms with Crippen molar-refractivity contribution < 1.29 is 5.11 Å². The highest BCUT2D eigenvalue weighted by molar-refractivity contribution is 6.16. The predicted molar refractivity (Wildman–Crippen MR) is 144 cm³/mol. The highest BCUT2D eigenvalue weighted by Gasteiger charge is 2.42. The number of pyridine rings is 1. The minimum atomic E-state index is -1.64. The minimum Gasteiger partial charge on any atom is -0.376 e. The molecule has 0 spiro atoms. The van der Waals surface area contributed by atoms with Crippen LogP contribution in [0.4, 0.5) is 5.69 Å². The van der Waals surface area contributed by atoms with E-state index in [0.29, 0.717) is 5.92 Å². The van der Waals surface area contributed by atoms with Gasteiger partial charge in [-0.1, -0.05) is 58.0 Å². The molecule has 0 bridgehead atoms. The highest BCUT2D eigenvalue weighted by Crippen LogP contribution is 2.42. The van der Waals surface area contributed by atoms with Gasteiger partial charge in [-0.2, -0.15) is 0 Å². The number of benzene rings is 2. The van der Waals surface area contributed by atoms with Crippen molar-refractivity contribution in [3.8, 4) is 11.3 Å². The van der Waals surface area contributed by atoms with Gasteiger partial charge in [-0.05, 0) is 79.5 Å². The zero-order valence-electron chi connectivity index (χ0n) is 21.7. The van der Waals surface area contributed by atoms with Crippen molar-refractivity contribution in [3.63, 3.8) is 0 Å². The van der Waals surface area contributed by atoms with Crippen LogP contribution in [-0.2, 0) is 24.9 Å². The van der Waals surface area contributed by atoms with Crippen LogP contribution >= 0.6 is 0 Å². The molecule has 1 aromatic heterocycles. The Morgan fingerprint density at radius 1 is 1.06 bits per heavy atom. The summed E-state index contributed by atoms with van der Waals surface area (Å²) in [5.74, 6) is 0.398. The third-order valence-corrected chi connectivity index (χ3v) is 7.37. The Kier molecular flexibility index (Phi) is 6.66. The van der Waals surface area contributed by atoms with Gasteiger partial charge in [-0.15, -0.1) is 0 Å². The molecule has 1 N–H and O–H groups in total. The molecule has 0 fully saturated rings. The number of hydrogen-bond donors (Lipinski definition) is 1. The maximum absolute atomic E-state index is 11.9. The lowest BCUT2D eigenvalue weighted by molar-refractivity contribution is 0.102. The van der Waals surface area contributed by atoms with Crippen LogP contribution in [0.1, 0.15) is 79.6 Å². The first kappa shape index (κ1) is 24.5. The molecule has 176 valence electrons. The van der Waals surface area contributed by atoms with Crippen molar-refractivity contribution in [3.05, 3.63) is 81.5 Å². The average Bonchev–Trinajstić information content (AvgIpc) is 2.78. The predicted octanol–water partition coefficient (Wildman–Crippen LogP) is 6.34. The van der Waals surface area contributed by atoms with E-state index in [2.05, 4.69) is 84.0 Å². The fourth-order valence-electron chi connectivity index (χ4n) is 5.58. The molecule has 4 rings (SSSR count). The summed E-state index contributed by atoms with van der Waals surface area (Å²) < 4.78 is 0. The van der Waals surface area contributed by atoms with E-state index < -0.39 is 5.62 Å². The van der Waals surface area contributed by atoms with Crippen molar-refractivity contribution in [1.29, 1.82) is 0 Å². The number of nitrogens with zero attached hydrogens (tertiary/aromatic N) is 2. The molecule has 0 amide bonds. The Balaban J connectivity index is 1.88. The number of aliphatic hydroxyl groups is 1. The summed E-state index contributed by atoms with van der Waals surface area (Å²) in [6.45, 7) is 15.0. The summed E-state index contributed by atoms with van der Waals surface area (Å²) >= 11 is 0. The zero-order chi connectivity index (χ0) is 24.8. The summed E-state index contributed by atoms with van der Waals surface area (Å²) in [6.07, 6.45) is 2.64. The molecule has 3 nitrogen and oxygen atoms in total. The van der Waals surface area contributed by atoms with Gasteiger partial charge in [0.2, 0.25) is 0 Å². The fraction of sp³-hybridized carbons (Fsp3) is 0.433. The van der Waals surface area contributed by atoms with Crippen LogP contribution in [0.25, 0.3) is 11.3 Å². The molecule has 4 heteroatoms. The van der Waals surface area contributed by atoms with Crippen LogP contribution in [0.2, 0.25) is 0 Å². The molecule has 2 radical (unpaired) electrons. The zero-order valence-corrected chi connectivity index (χ0v) is 21.7. The van der Waals surface area contributed by atoms with Crippen molar-refractivity contribution in [2.24, 2.45) is 0 Å². The second-order valence-electron chi connectivity index (χ2n) is 10.2. The lowest BCUT2D eigenvalue weighted by Gasteiger charge is -2.49. The molecule has 1 aliphatic rings. The van der Waals surface area contributed by atoms with Gasteiger partial charge >= 0.3 is 0 Å². The van der Waals surface area contributed by atoms with E-state index in [9.17, 15) is 5.11 Å². The first-order valence-electron chi connectivity index (χ1n) is 12.6. The molecule has 34 heavy (non-hydrogen) atoms. The van der Waals surface area contributed by atoms with E-state index in [1.54, 1.807) is 0 Å². The molecule has 2 atom stereocenters. The number of aryl methyl sites for hydroxylation is 4. The highest BCUT2D eigenvalue weighted by atomic mass is 16.3. The topological polar surface area (TPSA) is 36.4 Å². The number of anilines is 1. The van der Waals surface area contributed by atoms with E-state index in [4.69, 9.17) is 12.8 Å². The second-order valence-corrected chi connectivity index (χ2v) is 10.2. The van der Waals surface area contributed by atoms with Crippen LogP contribution in [0.3, 0.4) is 0 Å². The van der Waals surface area contributed by atoms with Gasteiger partial charge in [0.25, 0.3) is 0 Å². The maximum Gasteiger partial charge on any atom is 0.151 e. The van der Waals surface area contributed by atoms with Crippen LogP contribution in [-0.4, -0.2) is 24.0 Å². The quantitative estimate of drug-likeness (QED) is 0.459. The second kappa shape index (κ2) is 9.22. The van der Waals surface area contributed by atoms with Crippen LogP contribution in [0, 0.1) is 13.8 Å². The van der Waals surface area contributed by atoms with Crippen LogP contribution in [0.15, 0.2) is 42.5 Å². The number of hydrogen-bond acceptors (Lipinski definition) is 3. The van der Waals surface area contributed by atoms with Crippen LogP contribution < -0.4 is 4.90 Å².